The molecule has 21 heavy (non-hydrogen) atoms. The molecular weight excluding hydrogens is 410 g/mol. The number of nitro benzene ring substituents is 1. The van der Waals surface area contributed by atoms with Crippen molar-refractivity contribution in [2.45, 2.75) is 6.54 Å². The maximum Gasteiger partial charge on any atom is 0.311 e. The summed E-state index contributed by atoms with van der Waals surface area (Å²) in [4.78, 5) is 22.4. The second-order valence-electron chi connectivity index (χ2n) is 4.03. The Balaban J connectivity index is 2.41. The van der Waals surface area contributed by atoms with Crippen molar-refractivity contribution in [1.29, 1.82) is 0 Å². The van der Waals surface area contributed by atoms with E-state index in [9.17, 15) is 14.9 Å². The fourth-order valence-electron chi connectivity index (χ4n) is 1.71. The molecule has 0 radical (unpaired) electrons. The fraction of sp³-hybridized carbons (Fsp3) is 0.167. The van der Waals surface area contributed by atoms with Crippen LogP contribution in [0.5, 0.6) is 5.75 Å². The molecule has 0 amide bonds. The number of rotatable bonds is 4. The van der Waals surface area contributed by atoms with Crippen molar-refractivity contribution < 1.29 is 9.66 Å². The zero-order chi connectivity index (χ0) is 15.6. The smallest absolute Gasteiger partial charge is 0.311 e. The van der Waals surface area contributed by atoms with Gasteiger partial charge in [0.05, 0.1) is 29.2 Å². The molecule has 1 aromatic heterocycles. The molecule has 0 aliphatic rings. The van der Waals surface area contributed by atoms with E-state index in [1.54, 1.807) is 6.07 Å². The number of nitrogens with zero attached hydrogens (tertiary/aromatic N) is 3. The Bertz CT molecular complexity index is 761. The van der Waals surface area contributed by atoms with Crippen LogP contribution in [-0.4, -0.2) is 21.8 Å². The van der Waals surface area contributed by atoms with E-state index in [2.05, 4.69) is 37.0 Å². The number of nitro groups is 1. The van der Waals surface area contributed by atoms with Crippen molar-refractivity contribution in [2.24, 2.45) is 0 Å². The first-order chi connectivity index (χ1) is 9.93. The minimum absolute atomic E-state index is 0.121. The maximum atomic E-state index is 12.0. The van der Waals surface area contributed by atoms with Crippen molar-refractivity contribution in [3.8, 4) is 5.75 Å². The summed E-state index contributed by atoms with van der Waals surface area (Å²) in [6.07, 6.45) is 1.48. The average molecular weight is 419 g/mol. The van der Waals surface area contributed by atoms with Gasteiger partial charge in [0.15, 0.2) is 5.75 Å². The van der Waals surface area contributed by atoms with Crippen LogP contribution in [-0.2, 0) is 6.54 Å². The van der Waals surface area contributed by atoms with Gasteiger partial charge in [0.25, 0.3) is 5.56 Å². The molecule has 1 aromatic carbocycles. The third-order valence-corrected chi connectivity index (χ3v) is 4.61. The number of ether oxygens (including phenoxy) is 1. The van der Waals surface area contributed by atoms with E-state index in [4.69, 9.17) is 4.74 Å². The summed E-state index contributed by atoms with van der Waals surface area (Å²) in [6, 6.07) is 4.51. The first kappa shape index (κ1) is 15.6. The molecule has 2 aromatic rings. The number of hydrogen-bond acceptors (Lipinski definition) is 5. The lowest BCUT2D eigenvalue weighted by molar-refractivity contribution is -0.385. The Hall–Kier alpha value is -1.74. The molecule has 0 saturated heterocycles. The standard InChI is InChI=1S/C12H9Br2N3O4/c1-21-10-3-2-7(4-9(10)17(19)20)6-16-12(18)11(14)8(13)5-15-16/h2-5H,6H2,1H3. The van der Waals surface area contributed by atoms with Crippen LogP contribution < -0.4 is 10.3 Å². The Labute approximate surface area is 135 Å². The molecule has 0 bridgehead atoms. The number of benzene rings is 1. The molecule has 1 heterocycles. The van der Waals surface area contributed by atoms with E-state index >= 15 is 0 Å². The molecule has 9 heteroatoms. The van der Waals surface area contributed by atoms with E-state index in [0.717, 1.165) is 0 Å². The molecule has 0 N–H and O–H groups in total. The topological polar surface area (TPSA) is 87.3 Å². The third kappa shape index (κ3) is 3.30. The maximum absolute atomic E-state index is 12.0. The molecule has 110 valence electrons. The molecule has 0 fully saturated rings. The van der Waals surface area contributed by atoms with Crippen LogP contribution in [0, 0.1) is 10.1 Å². The van der Waals surface area contributed by atoms with E-state index in [-0.39, 0.29) is 23.5 Å². The first-order valence-corrected chi connectivity index (χ1v) is 7.25. The fourth-order valence-corrected chi connectivity index (χ4v) is 2.28. The zero-order valence-electron chi connectivity index (χ0n) is 10.7. The monoisotopic (exact) mass is 417 g/mol. The highest BCUT2D eigenvalue weighted by Crippen LogP contribution is 2.27. The SMILES string of the molecule is COc1ccc(Cn2ncc(Br)c(Br)c2=O)cc1[N+](=O)[O-]. The summed E-state index contributed by atoms with van der Waals surface area (Å²) in [6.45, 7) is 0.121. The van der Waals surface area contributed by atoms with Crippen LogP contribution >= 0.6 is 31.9 Å². The molecule has 0 saturated carbocycles. The minimum Gasteiger partial charge on any atom is -0.490 e. The second-order valence-corrected chi connectivity index (χ2v) is 5.68. The molecule has 0 aliphatic carbocycles. The van der Waals surface area contributed by atoms with E-state index in [1.807, 2.05) is 0 Å². The highest BCUT2D eigenvalue weighted by atomic mass is 79.9. The van der Waals surface area contributed by atoms with Crippen LogP contribution in [0.3, 0.4) is 0 Å². The second kappa shape index (κ2) is 6.35. The number of aromatic nitrogens is 2. The molecule has 0 atom stereocenters. The van der Waals surface area contributed by atoms with Gasteiger partial charge < -0.3 is 4.74 Å². The lowest BCUT2D eigenvalue weighted by Gasteiger charge is -2.07. The zero-order valence-corrected chi connectivity index (χ0v) is 13.9. The summed E-state index contributed by atoms with van der Waals surface area (Å²) in [5.41, 5.74) is 0.0911. The minimum atomic E-state index is -0.532. The molecule has 7 nitrogen and oxygen atoms in total. The van der Waals surface area contributed by atoms with Gasteiger partial charge in [-0.1, -0.05) is 6.07 Å². The predicted octanol–water partition coefficient (Wildman–Crippen LogP) is 2.73. The lowest BCUT2D eigenvalue weighted by atomic mass is 10.2. The first-order valence-electron chi connectivity index (χ1n) is 5.66. The molecule has 0 aliphatic heterocycles. The van der Waals surface area contributed by atoms with Gasteiger partial charge in [-0.3, -0.25) is 14.9 Å². The Morgan fingerprint density at radius 3 is 2.76 bits per heavy atom. The Kier molecular flexibility index (Phi) is 4.73. The molecule has 0 spiro atoms. The average Bonchev–Trinajstić information content (AvgIpc) is 2.47. The highest BCUT2D eigenvalue weighted by Gasteiger charge is 2.16. The van der Waals surface area contributed by atoms with E-state index in [1.165, 1.54) is 30.1 Å². The van der Waals surface area contributed by atoms with Gasteiger partial charge >= 0.3 is 5.69 Å². The van der Waals surface area contributed by atoms with Crippen molar-refractivity contribution in [3.63, 3.8) is 0 Å². The van der Waals surface area contributed by atoms with Gasteiger partial charge in [-0.25, -0.2) is 4.68 Å². The normalized spacial score (nSPS) is 10.4. The van der Waals surface area contributed by atoms with Crippen LogP contribution in [0.1, 0.15) is 5.56 Å². The predicted molar refractivity (Wildman–Crippen MR) is 82.6 cm³/mol. The summed E-state index contributed by atoms with van der Waals surface area (Å²) >= 11 is 6.34. The van der Waals surface area contributed by atoms with Gasteiger partial charge in [-0.2, -0.15) is 5.10 Å². The highest BCUT2D eigenvalue weighted by molar-refractivity contribution is 9.13. The number of halogens is 2. The van der Waals surface area contributed by atoms with Crippen molar-refractivity contribution in [3.05, 3.63) is 59.4 Å². The van der Waals surface area contributed by atoms with Crippen molar-refractivity contribution in [2.75, 3.05) is 7.11 Å². The van der Waals surface area contributed by atoms with Gasteiger partial charge in [0.1, 0.15) is 4.47 Å². The van der Waals surface area contributed by atoms with Crippen LogP contribution in [0.4, 0.5) is 5.69 Å². The van der Waals surface area contributed by atoms with Crippen LogP contribution in [0.15, 0.2) is 38.1 Å². The summed E-state index contributed by atoms with van der Waals surface area (Å²) in [5.74, 6) is 0.168. The quantitative estimate of drug-likeness (QED) is 0.562. The molecule has 0 unspecified atom stereocenters. The van der Waals surface area contributed by atoms with Gasteiger partial charge in [-0.15, -0.1) is 0 Å². The Morgan fingerprint density at radius 2 is 2.14 bits per heavy atom. The van der Waals surface area contributed by atoms with Gasteiger partial charge in [0, 0.05) is 6.07 Å². The van der Waals surface area contributed by atoms with Crippen LogP contribution in [0.25, 0.3) is 0 Å². The van der Waals surface area contributed by atoms with E-state index in [0.29, 0.717) is 14.5 Å². The van der Waals surface area contributed by atoms with Crippen molar-refractivity contribution in [1.82, 2.24) is 9.78 Å². The van der Waals surface area contributed by atoms with E-state index < -0.39 is 4.92 Å². The molecule has 2 rings (SSSR count). The van der Waals surface area contributed by atoms with Gasteiger partial charge in [0.2, 0.25) is 0 Å². The summed E-state index contributed by atoms with van der Waals surface area (Å²) in [7, 11) is 1.36. The Morgan fingerprint density at radius 1 is 1.43 bits per heavy atom. The summed E-state index contributed by atoms with van der Waals surface area (Å²) in [5, 5.41) is 15.0. The largest absolute Gasteiger partial charge is 0.490 e. The third-order valence-electron chi connectivity index (χ3n) is 2.71. The molecular formula is C12H9Br2N3O4. The van der Waals surface area contributed by atoms with Gasteiger partial charge in [-0.05, 0) is 43.5 Å². The van der Waals surface area contributed by atoms with Crippen molar-refractivity contribution >= 4 is 37.5 Å². The van der Waals surface area contributed by atoms with Crippen LogP contribution in [0.2, 0.25) is 0 Å². The number of hydrogen-bond donors (Lipinski definition) is 0. The lowest BCUT2D eigenvalue weighted by Crippen LogP contribution is -2.24. The number of methoxy groups -OCH3 is 1. The summed E-state index contributed by atoms with van der Waals surface area (Å²) < 4.78 is 7.03.